The SMILES string of the molecule is CC(C)(C)OC(=O)N[C@H]1CCCCC/C=C\[C@@H]2C[C@@]2(C(=O)NS(=O)(=O)C2(C)CC2)NC(=O)[C@@H]2C[C@@H](Oc3nc4ccccc4s3)CN2C1=O. The van der Waals surface area contributed by atoms with Gasteiger partial charge in [0.1, 0.15) is 29.3 Å². The predicted molar refractivity (Wildman–Crippen MR) is 183 cm³/mol. The molecule has 4 aliphatic rings. The van der Waals surface area contributed by atoms with Gasteiger partial charge in [0.25, 0.3) is 11.1 Å². The topological polar surface area (TPSA) is 173 Å². The van der Waals surface area contributed by atoms with E-state index in [2.05, 4.69) is 20.3 Å². The van der Waals surface area contributed by atoms with Crippen LogP contribution >= 0.6 is 11.3 Å². The molecule has 0 spiro atoms. The molecule has 0 bridgehead atoms. The molecule has 4 amide bonds. The summed E-state index contributed by atoms with van der Waals surface area (Å²) in [6.45, 7) is 6.83. The molecule has 3 heterocycles. The highest BCUT2D eigenvalue weighted by molar-refractivity contribution is 7.91. The minimum Gasteiger partial charge on any atom is -0.465 e. The van der Waals surface area contributed by atoms with Crippen molar-refractivity contribution in [2.75, 3.05) is 6.54 Å². The summed E-state index contributed by atoms with van der Waals surface area (Å²) in [5.74, 6) is -2.26. The van der Waals surface area contributed by atoms with E-state index >= 15 is 0 Å². The van der Waals surface area contributed by atoms with E-state index in [-0.39, 0.29) is 19.4 Å². The number of benzene rings is 1. The molecule has 2 aromatic rings. The minimum absolute atomic E-state index is 0.0363. The number of aromatic nitrogens is 1. The third-order valence-corrected chi connectivity index (χ3v) is 12.8. The molecule has 3 fully saturated rings. The maximum Gasteiger partial charge on any atom is 0.408 e. The smallest absolute Gasteiger partial charge is 0.408 e. The van der Waals surface area contributed by atoms with E-state index in [1.165, 1.54) is 16.2 Å². The number of alkyl carbamates (subject to hydrolysis) is 1. The molecule has 266 valence electrons. The Kier molecular flexibility index (Phi) is 9.46. The van der Waals surface area contributed by atoms with Gasteiger partial charge in [0.15, 0.2) is 0 Å². The second kappa shape index (κ2) is 13.2. The lowest BCUT2D eigenvalue weighted by Crippen LogP contribution is -2.58. The normalized spacial score (nSPS) is 29.3. The van der Waals surface area contributed by atoms with Crippen LogP contribution in [-0.2, 0) is 29.1 Å². The zero-order valence-electron chi connectivity index (χ0n) is 28.3. The molecule has 1 aromatic carbocycles. The van der Waals surface area contributed by atoms with Gasteiger partial charge >= 0.3 is 6.09 Å². The van der Waals surface area contributed by atoms with Gasteiger partial charge in [-0.3, -0.25) is 19.1 Å². The van der Waals surface area contributed by atoms with Crippen molar-refractivity contribution >= 4 is 55.4 Å². The van der Waals surface area contributed by atoms with E-state index < -0.39 is 73.8 Å². The quantitative estimate of drug-likeness (QED) is 0.375. The zero-order chi connectivity index (χ0) is 35.2. The van der Waals surface area contributed by atoms with Crippen LogP contribution in [0.3, 0.4) is 0 Å². The monoisotopic (exact) mass is 715 g/mol. The Bertz CT molecular complexity index is 1730. The summed E-state index contributed by atoms with van der Waals surface area (Å²) >= 11 is 1.35. The number of allylic oxidation sites excluding steroid dienone is 1. The summed E-state index contributed by atoms with van der Waals surface area (Å²) in [7, 11) is -3.96. The first-order chi connectivity index (χ1) is 23.1. The Balaban J connectivity index is 1.29. The fourth-order valence-electron chi connectivity index (χ4n) is 6.44. The number of hydrogen-bond acceptors (Lipinski definition) is 10. The molecule has 0 radical (unpaired) electrons. The van der Waals surface area contributed by atoms with Gasteiger partial charge in [-0.1, -0.05) is 48.5 Å². The number of fused-ring (bicyclic) bond motifs is 3. The van der Waals surface area contributed by atoms with Crippen LogP contribution in [0.1, 0.15) is 85.5 Å². The van der Waals surface area contributed by atoms with Gasteiger partial charge < -0.3 is 25.0 Å². The van der Waals surface area contributed by atoms with Crippen molar-refractivity contribution in [1.82, 2.24) is 25.2 Å². The lowest BCUT2D eigenvalue weighted by atomic mass is 10.0. The van der Waals surface area contributed by atoms with E-state index in [0.717, 1.165) is 23.1 Å². The van der Waals surface area contributed by atoms with E-state index in [1.807, 2.05) is 36.4 Å². The predicted octanol–water partition coefficient (Wildman–Crippen LogP) is 3.93. The molecule has 15 heteroatoms. The molecular weight excluding hydrogens is 671 g/mol. The van der Waals surface area contributed by atoms with Crippen LogP contribution in [0.5, 0.6) is 5.19 Å². The van der Waals surface area contributed by atoms with Crippen molar-refractivity contribution in [3.8, 4) is 5.19 Å². The average molecular weight is 716 g/mol. The number of sulfonamides is 1. The largest absolute Gasteiger partial charge is 0.465 e. The second-order valence-corrected chi connectivity index (χ2v) is 18.0. The number of amides is 4. The molecule has 49 heavy (non-hydrogen) atoms. The zero-order valence-corrected chi connectivity index (χ0v) is 30.0. The molecule has 5 atom stereocenters. The van der Waals surface area contributed by atoms with Crippen molar-refractivity contribution in [2.24, 2.45) is 5.92 Å². The van der Waals surface area contributed by atoms with Crippen LogP contribution in [0, 0.1) is 5.92 Å². The fourth-order valence-corrected chi connectivity index (χ4v) is 8.63. The fraction of sp³-hybridized carbons (Fsp3) is 0.618. The third-order valence-electron chi connectivity index (χ3n) is 9.71. The Morgan fingerprint density at radius 1 is 1.12 bits per heavy atom. The molecule has 2 aliphatic heterocycles. The number of nitrogens with one attached hydrogen (secondary N) is 3. The van der Waals surface area contributed by atoms with Gasteiger partial charge in [-0.25, -0.2) is 18.2 Å². The number of para-hydroxylation sites is 1. The molecule has 13 nitrogen and oxygen atoms in total. The van der Waals surface area contributed by atoms with Gasteiger partial charge in [-0.15, -0.1) is 0 Å². The number of thiazole rings is 1. The number of hydrogen-bond donors (Lipinski definition) is 3. The summed E-state index contributed by atoms with van der Waals surface area (Å²) in [5.41, 5.74) is -1.51. The van der Waals surface area contributed by atoms with Crippen LogP contribution in [0.4, 0.5) is 4.79 Å². The molecule has 1 saturated heterocycles. The highest BCUT2D eigenvalue weighted by Crippen LogP contribution is 2.47. The van der Waals surface area contributed by atoms with Crippen molar-refractivity contribution in [3.63, 3.8) is 0 Å². The summed E-state index contributed by atoms with van der Waals surface area (Å²) in [5, 5.41) is 6.01. The maximum atomic E-state index is 14.3. The first-order valence-electron chi connectivity index (χ1n) is 17.0. The Morgan fingerprint density at radius 3 is 2.59 bits per heavy atom. The second-order valence-electron chi connectivity index (χ2n) is 14.9. The summed E-state index contributed by atoms with van der Waals surface area (Å²) in [6.07, 6.45) is 6.96. The van der Waals surface area contributed by atoms with Gasteiger partial charge in [-0.2, -0.15) is 0 Å². The highest BCUT2D eigenvalue weighted by atomic mass is 32.2. The summed E-state index contributed by atoms with van der Waals surface area (Å²) < 4.78 is 40.0. The van der Waals surface area contributed by atoms with Crippen molar-refractivity contribution < 1.29 is 37.1 Å². The van der Waals surface area contributed by atoms with Crippen LogP contribution in [-0.4, -0.2) is 82.7 Å². The number of ether oxygens (including phenoxy) is 2. The molecule has 2 aliphatic carbocycles. The van der Waals surface area contributed by atoms with Crippen LogP contribution < -0.4 is 20.1 Å². The van der Waals surface area contributed by atoms with Gasteiger partial charge in [0, 0.05) is 12.3 Å². The molecule has 3 N–H and O–H groups in total. The van der Waals surface area contributed by atoms with Gasteiger partial charge in [-0.05, 0) is 78.4 Å². The lowest BCUT2D eigenvalue weighted by molar-refractivity contribution is -0.141. The minimum atomic E-state index is -3.96. The molecular formula is C34H45N5O8S2. The molecule has 0 unspecified atom stereocenters. The molecule has 6 rings (SSSR count). The first kappa shape index (κ1) is 35.1. The Morgan fingerprint density at radius 2 is 1.88 bits per heavy atom. The molecule has 1 aromatic heterocycles. The Labute approximate surface area is 290 Å². The van der Waals surface area contributed by atoms with Crippen LogP contribution in [0.15, 0.2) is 36.4 Å². The van der Waals surface area contributed by atoms with Crippen LogP contribution in [0.25, 0.3) is 10.2 Å². The van der Waals surface area contributed by atoms with Gasteiger partial charge in [0.2, 0.25) is 21.8 Å². The highest BCUT2D eigenvalue weighted by Gasteiger charge is 2.63. The summed E-state index contributed by atoms with van der Waals surface area (Å²) in [4.78, 5) is 61.1. The van der Waals surface area contributed by atoms with Crippen LogP contribution in [0.2, 0.25) is 0 Å². The van der Waals surface area contributed by atoms with Crippen molar-refractivity contribution in [3.05, 3.63) is 36.4 Å². The van der Waals surface area contributed by atoms with Crippen molar-refractivity contribution in [1.29, 1.82) is 0 Å². The van der Waals surface area contributed by atoms with E-state index in [4.69, 9.17) is 9.47 Å². The Hall–Kier alpha value is -3.72. The van der Waals surface area contributed by atoms with E-state index in [0.29, 0.717) is 37.3 Å². The summed E-state index contributed by atoms with van der Waals surface area (Å²) in [6, 6.07) is 5.55. The third kappa shape index (κ3) is 7.72. The van der Waals surface area contributed by atoms with E-state index in [9.17, 15) is 27.6 Å². The standard InChI is InChI=1S/C34H45N5O8S2/c1-32(2,3)47-30(43)35-24-14-9-7-5-6-8-12-21-19-34(21,29(42)38-49(44,45)33(4)16-17-33)37-27(40)25-18-22(20-39(25)28(24)41)46-31-36-23-13-10-11-15-26(23)48-31/h8,10-13,15,21-22,24-25H,5-7,9,14,16-20H2,1-4H3,(H,35,43)(H,37,40)(H,38,42)/b12-8-/t21-,22-,24+,25+,34-/m1/s1. The lowest BCUT2D eigenvalue weighted by Gasteiger charge is -2.30. The number of nitrogens with zero attached hydrogens (tertiary/aromatic N) is 2. The first-order valence-corrected chi connectivity index (χ1v) is 19.3. The number of rotatable bonds is 6. The number of carbonyl (C=O) groups is 4. The maximum absolute atomic E-state index is 14.3. The van der Waals surface area contributed by atoms with Gasteiger partial charge in [0.05, 0.1) is 21.5 Å². The van der Waals surface area contributed by atoms with Crippen molar-refractivity contribution in [2.45, 2.75) is 120 Å². The van der Waals surface area contributed by atoms with E-state index in [1.54, 1.807) is 27.7 Å². The number of carbonyl (C=O) groups excluding carboxylic acids is 4. The average Bonchev–Trinajstić information content (AvgIpc) is 3.82. The molecule has 2 saturated carbocycles.